The topological polar surface area (TPSA) is 62.5 Å². The van der Waals surface area contributed by atoms with Gasteiger partial charge in [-0.2, -0.15) is 0 Å². The van der Waals surface area contributed by atoms with Gasteiger partial charge in [-0.05, 0) is 37.8 Å². The largest absolute Gasteiger partial charge is 0.357 e. The molecular weight excluding hydrogens is 264 g/mol. The van der Waals surface area contributed by atoms with Crippen molar-refractivity contribution in [3.05, 3.63) is 23.9 Å². The van der Waals surface area contributed by atoms with E-state index in [0.717, 1.165) is 24.8 Å². The Labute approximate surface area is 127 Å². The Morgan fingerprint density at radius 1 is 1.48 bits per heavy atom. The van der Waals surface area contributed by atoms with Crippen molar-refractivity contribution in [2.45, 2.75) is 32.7 Å². The SMILES string of the molecule is CC1CCN(c2ccc(C(=O)N(C)C(C)CN)cn2)CC1. The normalized spacial score (nSPS) is 17.6. The summed E-state index contributed by atoms with van der Waals surface area (Å²) in [6.07, 6.45) is 4.09. The Balaban J connectivity index is 2.03. The first-order valence-corrected chi connectivity index (χ1v) is 7.71. The third-order valence-corrected chi connectivity index (χ3v) is 4.43. The van der Waals surface area contributed by atoms with Crippen molar-refractivity contribution in [3.63, 3.8) is 0 Å². The van der Waals surface area contributed by atoms with Gasteiger partial charge in [-0.3, -0.25) is 4.79 Å². The molecule has 5 nitrogen and oxygen atoms in total. The third kappa shape index (κ3) is 3.73. The summed E-state index contributed by atoms with van der Waals surface area (Å²) in [4.78, 5) is 20.7. The Morgan fingerprint density at radius 3 is 2.67 bits per heavy atom. The van der Waals surface area contributed by atoms with Crippen molar-refractivity contribution in [1.82, 2.24) is 9.88 Å². The van der Waals surface area contributed by atoms with Crippen LogP contribution in [-0.4, -0.2) is 48.5 Å². The van der Waals surface area contributed by atoms with Crippen molar-refractivity contribution in [3.8, 4) is 0 Å². The number of nitrogens with two attached hydrogens (primary N) is 1. The third-order valence-electron chi connectivity index (χ3n) is 4.43. The van der Waals surface area contributed by atoms with E-state index in [0.29, 0.717) is 12.1 Å². The second-order valence-electron chi connectivity index (χ2n) is 6.08. The zero-order chi connectivity index (χ0) is 15.4. The molecule has 1 aromatic heterocycles. The molecule has 0 radical (unpaired) electrons. The number of piperidine rings is 1. The van der Waals surface area contributed by atoms with E-state index in [2.05, 4.69) is 16.8 Å². The molecule has 1 aliphatic heterocycles. The van der Waals surface area contributed by atoms with Crippen molar-refractivity contribution < 1.29 is 4.79 Å². The van der Waals surface area contributed by atoms with Gasteiger partial charge in [-0.25, -0.2) is 4.98 Å². The number of nitrogens with zero attached hydrogens (tertiary/aromatic N) is 3. The molecule has 0 aromatic carbocycles. The Bertz CT molecular complexity index is 466. The predicted molar refractivity (Wildman–Crippen MR) is 85.5 cm³/mol. The van der Waals surface area contributed by atoms with Crippen LogP contribution in [0.4, 0.5) is 5.82 Å². The zero-order valence-electron chi connectivity index (χ0n) is 13.2. The number of pyridine rings is 1. The summed E-state index contributed by atoms with van der Waals surface area (Å²) in [7, 11) is 1.78. The summed E-state index contributed by atoms with van der Waals surface area (Å²) < 4.78 is 0. The van der Waals surface area contributed by atoms with Gasteiger partial charge in [0.25, 0.3) is 5.91 Å². The van der Waals surface area contributed by atoms with Crippen LogP contribution in [0.3, 0.4) is 0 Å². The molecule has 1 fully saturated rings. The number of carbonyl (C=O) groups excluding carboxylic acids is 1. The maximum Gasteiger partial charge on any atom is 0.255 e. The fourth-order valence-corrected chi connectivity index (χ4v) is 2.50. The van der Waals surface area contributed by atoms with E-state index in [9.17, 15) is 4.79 Å². The smallest absolute Gasteiger partial charge is 0.255 e. The Kier molecular flexibility index (Phi) is 5.17. The lowest BCUT2D eigenvalue weighted by Gasteiger charge is -2.31. The molecule has 1 aliphatic rings. The molecule has 2 heterocycles. The van der Waals surface area contributed by atoms with E-state index in [-0.39, 0.29) is 11.9 Å². The van der Waals surface area contributed by atoms with E-state index < -0.39 is 0 Å². The molecule has 1 amide bonds. The highest BCUT2D eigenvalue weighted by Gasteiger charge is 2.19. The van der Waals surface area contributed by atoms with Crippen LogP contribution in [0.5, 0.6) is 0 Å². The van der Waals surface area contributed by atoms with Crippen LogP contribution in [0.1, 0.15) is 37.0 Å². The lowest BCUT2D eigenvalue weighted by atomic mass is 9.99. The highest BCUT2D eigenvalue weighted by Crippen LogP contribution is 2.21. The van der Waals surface area contributed by atoms with Crippen LogP contribution in [0.2, 0.25) is 0 Å². The number of anilines is 1. The number of hydrogen-bond acceptors (Lipinski definition) is 4. The molecule has 21 heavy (non-hydrogen) atoms. The predicted octanol–water partition coefficient (Wildman–Crippen LogP) is 1.74. The molecule has 116 valence electrons. The maximum absolute atomic E-state index is 12.3. The van der Waals surface area contributed by atoms with Crippen LogP contribution in [0.25, 0.3) is 0 Å². The minimum Gasteiger partial charge on any atom is -0.357 e. The maximum atomic E-state index is 12.3. The van der Waals surface area contributed by atoms with Gasteiger partial charge in [-0.1, -0.05) is 6.92 Å². The van der Waals surface area contributed by atoms with Crippen molar-refractivity contribution in [2.75, 3.05) is 31.6 Å². The molecule has 1 unspecified atom stereocenters. The van der Waals surface area contributed by atoms with E-state index >= 15 is 0 Å². The quantitative estimate of drug-likeness (QED) is 0.917. The van der Waals surface area contributed by atoms with Crippen LogP contribution in [0, 0.1) is 5.92 Å². The number of rotatable bonds is 4. The highest BCUT2D eigenvalue weighted by molar-refractivity contribution is 5.94. The molecule has 5 heteroatoms. The molecule has 1 atom stereocenters. The van der Waals surface area contributed by atoms with E-state index in [4.69, 9.17) is 5.73 Å². The molecule has 0 bridgehead atoms. The second kappa shape index (κ2) is 6.89. The first-order valence-electron chi connectivity index (χ1n) is 7.71. The first-order chi connectivity index (χ1) is 10.0. The molecule has 0 spiro atoms. The molecule has 0 saturated carbocycles. The minimum atomic E-state index is -0.0285. The average Bonchev–Trinajstić information content (AvgIpc) is 2.53. The average molecular weight is 290 g/mol. The lowest BCUT2D eigenvalue weighted by Crippen LogP contribution is -2.39. The van der Waals surface area contributed by atoms with Crippen LogP contribution in [0.15, 0.2) is 18.3 Å². The Hall–Kier alpha value is -1.62. The summed E-state index contributed by atoms with van der Waals surface area (Å²) in [5.41, 5.74) is 6.22. The van der Waals surface area contributed by atoms with Crippen LogP contribution >= 0.6 is 0 Å². The molecular formula is C16H26N4O. The van der Waals surface area contributed by atoms with E-state index in [1.165, 1.54) is 12.8 Å². The number of hydrogen-bond donors (Lipinski definition) is 1. The Morgan fingerprint density at radius 2 is 2.14 bits per heavy atom. The van der Waals surface area contributed by atoms with E-state index in [1.807, 2.05) is 19.1 Å². The van der Waals surface area contributed by atoms with E-state index in [1.54, 1.807) is 18.1 Å². The summed E-state index contributed by atoms with van der Waals surface area (Å²) >= 11 is 0. The van der Waals surface area contributed by atoms with Gasteiger partial charge in [-0.15, -0.1) is 0 Å². The summed E-state index contributed by atoms with van der Waals surface area (Å²) in [6.45, 7) is 6.78. The van der Waals surface area contributed by atoms with Crippen molar-refractivity contribution in [2.24, 2.45) is 11.7 Å². The molecule has 1 saturated heterocycles. The monoisotopic (exact) mass is 290 g/mol. The van der Waals surface area contributed by atoms with Crippen molar-refractivity contribution >= 4 is 11.7 Å². The number of carbonyl (C=O) groups is 1. The molecule has 2 rings (SSSR count). The van der Waals surface area contributed by atoms with Gasteiger partial charge in [0.15, 0.2) is 0 Å². The van der Waals surface area contributed by atoms with Gasteiger partial charge in [0.2, 0.25) is 0 Å². The molecule has 1 aromatic rings. The van der Waals surface area contributed by atoms with Crippen molar-refractivity contribution in [1.29, 1.82) is 0 Å². The van der Waals surface area contributed by atoms with Gasteiger partial charge in [0, 0.05) is 38.9 Å². The summed E-state index contributed by atoms with van der Waals surface area (Å²) in [5, 5.41) is 0. The standard InChI is InChI=1S/C16H26N4O/c1-12-6-8-20(9-7-12)15-5-4-14(11-18-15)16(21)19(3)13(2)10-17/h4-5,11-13H,6-10,17H2,1-3H3. The number of likely N-dealkylation sites (N-methyl/N-ethyl adjacent to an activating group) is 1. The molecule has 2 N–H and O–H groups in total. The highest BCUT2D eigenvalue weighted by atomic mass is 16.2. The summed E-state index contributed by atoms with van der Waals surface area (Å²) in [5.74, 6) is 1.74. The number of amides is 1. The van der Waals surface area contributed by atoms with Gasteiger partial charge in [0.1, 0.15) is 5.82 Å². The van der Waals surface area contributed by atoms with Gasteiger partial charge >= 0.3 is 0 Å². The fraction of sp³-hybridized carbons (Fsp3) is 0.625. The minimum absolute atomic E-state index is 0.0285. The zero-order valence-corrected chi connectivity index (χ0v) is 13.2. The first kappa shape index (κ1) is 15.8. The molecule has 0 aliphatic carbocycles. The van der Waals surface area contributed by atoms with Gasteiger partial charge in [0.05, 0.1) is 5.56 Å². The second-order valence-corrected chi connectivity index (χ2v) is 6.08. The summed E-state index contributed by atoms with van der Waals surface area (Å²) in [6, 6.07) is 3.84. The van der Waals surface area contributed by atoms with Gasteiger partial charge < -0.3 is 15.5 Å². The number of aromatic nitrogens is 1. The van der Waals surface area contributed by atoms with Crippen LogP contribution in [-0.2, 0) is 0 Å². The lowest BCUT2D eigenvalue weighted by molar-refractivity contribution is 0.0748. The van der Waals surface area contributed by atoms with Crippen LogP contribution < -0.4 is 10.6 Å². The fourth-order valence-electron chi connectivity index (χ4n) is 2.50.